The molecular formula is C11H18N2O. The Morgan fingerprint density at radius 1 is 1.64 bits per heavy atom. The Bertz CT molecular complexity index is 287. The maximum atomic E-state index is 5.36. The van der Waals surface area contributed by atoms with E-state index in [1.807, 2.05) is 6.20 Å². The summed E-state index contributed by atoms with van der Waals surface area (Å²) < 4.78 is 5.36. The predicted octanol–water partition coefficient (Wildman–Crippen LogP) is 1.95. The molecule has 0 aliphatic carbocycles. The van der Waals surface area contributed by atoms with Crippen LogP contribution < -0.4 is 5.32 Å². The van der Waals surface area contributed by atoms with E-state index in [-0.39, 0.29) is 0 Å². The highest BCUT2D eigenvalue weighted by molar-refractivity contribution is 5.19. The standard InChI is InChI=1S/C11H18N2O/c1-8(2)5-10-7-13-14-11(10)9-3-4-12-6-9/h7-9,12H,3-6H2,1-2H3. The van der Waals surface area contributed by atoms with E-state index in [0.717, 1.165) is 25.3 Å². The highest BCUT2D eigenvalue weighted by Crippen LogP contribution is 2.26. The molecule has 3 nitrogen and oxygen atoms in total. The van der Waals surface area contributed by atoms with Gasteiger partial charge in [0.15, 0.2) is 0 Å². The van der Waals surface area contributed by atoms with Crippen LogP contribution in [0.5, 0.6) is 0 Å². The zero-order chi connectivity index (χ0) is 9.97. The Kier molecular flexibility index (Phi) is 2.87. The number of rotatable bonds is 3. The molecule has 2 rings (SSSR count). The average Bonchev–Trinajstić information content (AvgIpc) is 2.70. The Hall–Kier alpha value is -0.830. The van der Waals surface area contributed by atoms with E-state index in [4.69, 9.17) is 4.52 Å². The Morgan fingerprint density at radius 3 is 3.14 bits per heavy atom. The van der Waals surface area contributed by atoms with Crippen molar-refractivity contribution in [2.45, 2.75) is 32.6 Å². The van der Waals surface area contributed by atoms with Gasteiger partial charge in [-0.2, -0.15) is 0 Å². The molecule has 1 unspecified atom stereocenters. The fourth-order valence-corrected chi connectivity index (χ4v) is 2.08. The van der Waals surface area contributed by atoms with Gasteiger partial charge in [0.25, 0.3) is 0 Å². The summed E-state index contributed by atoms with van der Waals surface area (Å²) in [5.74, 6) is 2.33. The maximum absolute atomic E-state index is 5.36. The molecule has 1 saturated heterocycles. The Balaban J connectivity index is 2.12. The number of aromatic nitrogens is 1. The smallest absolute Gasteiger partial charge is 0.144 e. The van der Waals surface area contributed by atoms with Crippen LogP contribution in [0, 0.1) is 5.92 Å². The summed E-state index contributed by atoms with van der Waals surface area (Å²) in [7, 11) is 0. The first-order valence-electron chi connectivity index (χ1n) is 5.41. The molecule has 1 aliphatic rings. The van der Waals surface area contributed by atoms with Crippen LogP contribution in [-0.2, 0) is 6.42 Å². The van der Waals surface area contributed by atoms with Gasteiger partial charge in [-0.25, -0.2) is 0 Å². The van der Waals surface area contributed by atoms with Gasteiger partial charge in [0.1, 0.15) is 5.76 Å². The highest BCUT2D eigenvalue weighted by atomic mass is 16.5. The minimum absolute atomic E-state index is 0.547. The van der Waals surface area contributed by atoms with Crippen molar-refractivity contribution < 1.29 is 4.52 Å². The van der Waals surface area contributed by atoms with Crippen molar-refractivity contribution in [3.8, 4) is 0 Å². The van der Waals surface area contributed by atoms with Crippen LogP contribution in [0.15, 0.2) is 10.7 Å². The third-order valence-corrected chi connectivity index (χ3v) is 2.74. The van der Waals surface area contributed by atoms with Crippen molar-refractivity contribution in [3.05, 3.63) is 17.5 Å². The van der Waals surface area contributed by atoms with E-state index >= 15 is 0 Å². The lowest BCUT2D eigenvalue weighted by Gasteiger charge is -2.08. The lowest BCUT2D eigenvalue weighted by atomic mass is 9.97. The average molecular weight is 194 g/mol. The van der Waals surface area contributed by atoms with Crippen LogP contribution in [0.2, 0.25) is 0 Å². The number of nitrogens with one attached hydrogen (secondary N) is 1. The molecule has 0 spiro atoms. The number of hydrogen-bond donors (Lipinski definition) is 1. The molecule has 78 valence electrons. The molecule has 1 atom stereocenters. The highest BCUT2D eigenvalue weighted by Gasteiger charge is 2.23. The van der Waals surface area contributed by atoms with Gasteiger partial charge in [0, 0.05) is 18.0 Å². The van der Waals surface area contributed by atoms with Gasteiger partial charge in [0.05, 0.1) is 6.20 Å². The summed E-state index contributed by atoms with van der Waals surface area (Å²) in [6.45, 7) is 6.60. The summed E-state index contributed by atoms with van der Waals surface area (Å²) in [4.78, 5) is 0. The molecule has 1 N–H and O–H groups in total. The van der Waals surface area contributed by atoms with Crippen molar-refractivity contribution in [3.63, 3.8) is 0 Å². The van der Waals surface area contributed by atoms with E-state index < -0.39 is 0 Å². The molecule has 2 heterocycles. The van der Waals surface area contributed by atoms with Crippen molar-refractivity contribution in [2.24, 2.45) is 5.92 Å². The van der Waals surface area contributed by atoms with Crippen LogP contribution in [0.4, 0.5) is 0 Å². The van der Waals surface area contributed by atoms with E-state index in [1.54, 1.807) is 0 Å². The molecule has 0 saturated carbocycles. The largest absolute Gasteiger partial charge is 0.361 e. The second kappa shape index (κ2) is 4.13. The Labute approximate surface area is 84.9 Å². The molecule has 1 aromatic heterocycles. The van der Waals surface area contributed by atoms with E-state index in [9.17, 15) is 0 Å². The predicted molar refractivity (Wildman–Crippen MR) is 55.3 cm³/mol. The van der Waals surface area contributed by atoms with Gasteiger partial charge in [-0.3, -0.25) is 0 Å². The summed E-state index contributed by atoms with van der Waals surface area (Å²) in [5, 5.41) is 7.27. The molecule has 0 aromatic carbocycles. The molecule has 14 heavy (non-hydrogen) atoms. The first-order chi connectivity index (χ1) is 6.77. The first kappa shape index (κ1) is 9.71. The summed E-state index contributed by atoms with van der Waals surface area (Å²) in [6, 6.07) is 0. The second-order valence-electron chi connectivity index (χ2n) is 4.50. The van der Waals surface area contributed by atoms with Gasteiger partial charge >= 0.3 is 0 Å². The van der Waals surface area contributed by atoms with Crippen molar-refractivity contribution in [1.29, 1.82) is 0 Å². The molecule has 1 fully saturated rings. The van der Waals surface area contributed by atoms with Gasteiger partial charge in [0.2, 0.25) is 0 Å². The van der Waals surface area contributed by atoms with Gasteiger partial charge < -0.3 is 9.84 Å². The van der Waals surface area contributed by atoms with Crippen molar-refractivity contribution in [1.82, 2.24) is 10.5 Å². The summed E-state index contributed by atoms with van der Waals surface area (Å²) in [6.07, 6.45) is 4.14. The maximum Gasteiger partial charge on any atom is 0.144 e. The van der Waals surface area contributed by atoms with Gasteiger partial charge in [-0.15, -0.1) is 0 Å². The minimum Gasteiger partial charge on any atom is -0.361 e. The molecule has 1 aromatic rings. The zero-order valence-electron chi connectivity index (χ0n) is 8.92. The fraction of sp³-hybridized carbons (Fsp3) is 0.727. The lowest BCUT2D eigenvalue weighted by Crippen LogP contribution is -2.09. The van der Waals surface area contributed by atoms with Gasteiger partial charge in [-0.1, -0.05) is 19.0 Å². The van der Waals surface area contributed by atoms with Crippen molar-refractivity contribution >= 4 is 0 Å². The Morgan fingerprint density at radius 2 is 2.50 bits per heavy atom. The molecule has 3 heteroatoms. The van der Waals surface area contributed by atoms with E-state index in [2.05, 4.69) is 24.3 Å². The number of hydrogen-bond acceptors (Lipinski definition) is 3. The molecule has 0 bridgehead atoms. The molecular weight excluding hydrogens is 176 g/mol. The van der Waals surface area contributed by atoms with Crippen LogP contribution in [0.25, 0.3) is 0 Å². The quantitative estimate of drug-likeness (QED) is 0.799. The van der Waals surface area contributed by atoms with Gasteiger partial charge in [-0.05, 0) is 25.3 Å². The topological polar surface area (TPSA) is 38.1 Å². The molecule has 1 aliphatic heterocycles. The normalized spacial score (nSPS) is 22.1. The van der Waals surface area contributed by atoms with Crippen molar-refractivity contribution in [2.75, 3.05) is 13.1 Å². The fourth-order valence-electron chi connectivity index (χ4n) is 2.08. The molecule has 0 amide bonds. The first-order valence-corrected chi connectivity index (χ1v) is 5.41. The third kappa shape index (κ3) is 1.98. The van der Waals surface area contributed by atoms with Crippen LogP contribution in [0.3, 0.4) is 0 Å². The second-order valence-corrected chi connectivity index (χ2v) is 4.50. The third-order valence-electron chi connectivity index (χ3n) is 2.74. The zero-order valence-corrected chi connectivity index (χ0v) is 8.92. The van der Waals surface area contributed by atoms with Crippen LogP contribution >= 0.6 is 0 Å². The van der Waals surface area contributed by atoms with Crippen LogP contribution in [0.1, 0.15) is 37.5 Å². The lowest BCUT2D eigenvalue weighted by molar-refractivity contribution is 0.362. The number of nitrogens with zero attached hydrogens (tertiary/aromatic N) is 1. The minimum atomic E-state index is 0.547. The summed E-state index contributed by atoms with van der Waals surface area (Å²) >= 11 is 0. The van der Waals surface area contributed by atoms with Crippen LogP contribution in [-0.4, -0.2) is 18.2 Å². The van der Waals surface area contributed by atoms with E-state index in [1.165, 1.54) is 12.0 Å². The SMILES string of the molecule is CC(C)Cc1cnoc1C1CCNC1. The monoisotopic (exact) mass is 194 g/mol. The van der Waals surface area contributed by atoms with E-state index in [0.29, 0.717) is 11.8 Å². The summed E-state index contributed by atoms with van der Waals surface area (Å²) in [5.41, 5.74) is 1.30. The molecule has 0 radical (unpaired) electrons.